The van der Waals surface area contributed by atoms with Crippen LogP contribution in [0.5, 0.6) is 0 Å². The van der Waals surface area contributed by atoms with Crippen molar-refractivity contribution in [2.24, 2.45) is 4.40 Å². The molecule has 12 heteroatoms. The summed E-state index contributed by atoms with van der Waals surface area (Å²) in [6.07, 6.45) is 0. The van der Waals surface area contributed by atoms with Crippen molar-refractivity contribution in [2.75, 3.05) is 5.32 Å². The van der Waals surface area contributed by atoms with Gasteiger partial charge in [-0.25, -0.2) is 4.68 Å². The van der Waals surface area contributed by atoms with Crippen LogP contribution < -0.4 is 10.1 Å². The quantitative estimate of drug-likeness (QED) is 0.467. The molecule has 3 aromatic rings. The molecule has 0 aliphatic heterocycles. The molecular formula is C17H15N5O5S2. The third kappa shape index (κ3) is 5.12. The van der Waals surface area contributed by atoms with Crippen LogP contribution in [0.3, 0.4) is 0 Å². The molecule has 1 amide bonds. The Labute approximate surface area is 169 Å². The van der Waals surface area contributed by atoms with Crippen molar-refractivity contribution in [3.05, 3.63) is 74.5 Å². The first-order chi connectivity index (χ1) is 13.7. The van der Waals surface area contributed by atoms with E-state index >= 15 is 0 Å². The predicted molar refractivity (Wildman–Crippen MR) is 106 cm³/mol. The number of non-ortho nitro benzene ring substituents is 1. The number of rotatable bonds is 6. The van der Waals surface area contributed by atoms with Gasteiger partial charge in [-0.3, -0.25) is 14.9 Å². The molecule has 1 heterocycles. The van der Waals surface area contributed by atoms with Crippen LogP contribution in [0.4, 0.5) is 11.4 Å². The molecule has 0 fully saturated rings. The van der Waals surface area contributed by atoms with Crippen LogP contribution in [0.25, 0.3) is 0 Å². The zero-order chi connectivity index (χ0) is 21.0. The van der Waals surface area contributed by atoms with E-state index in [1.807, 2.05) is 6.92 Å². The molecule has 0 atom stereocenters. The summed E-state index contributed by atoms with van der Waals surface area (Å²) in [5.41, 5.74) is 2.56. The highest BCUT2D eigenvalue weighted by molar-refractivity contribution is 7.90. The number of aryl methyl sites for hydroxylation is 1. The first kappa shape index (κ1) is 20.4. The number of nitrogens with one attached hydrogen (secondary N) is 1. The Morgan fingerprint density at radius 2 is 1.86 bits per heavy atom. The normalized spacial score (nSPS) is 12.0. The lowest BCUT2D eigenvalue weighted by Crippen LogP contribution is -2.26. The lowest BCUT2D eigenvalue weighted by molar-refractivity contribution is -0.384. The van der Waals surface area contributed by atoms with Gasteiger partial charge in [0, 0.05) is 17.8 Å². The fourth-order valence-electron chi connectivity index (χ4n) is 2.28. The van der Waals surface area contributed by atoms with Gasteiger partial charge >= 0.3 is 0 Å². The van der Waals surface area contributed by atoms with E-state index < -0.39 is 20.9 Å². The number of anilines is 1. The Kier molecular flexibility index (Phi) is 5.84. The van der Waals surface area contributed by atoms with Crippen molar-refractivity contribution in [3.63, 3.8) is 0 Å². The lowest BCUT2D eigenvalue weighted by Gasteiger charge is -2.05. The first-order valence-electron chi connectivity index (χ1n) is 8.17. The van der Waals surface area contributed by atoms with Crippen LogP contribution in [0.1, 0.15) is 5.56 Å². The third-order valence-corrected chi connectivity index (χ3v) is 5.85. The number of aromatic nitrogens is 2. The van der Waals surface area contributed by atoms with Gasteiger partial charge in [-0.15, -0.1) is 4.40 Å². The number of carbonyl (C=O) groups excluding carboxylic acids is 1. The number of nitrogens with zero attached hydrogens (tertiary/aromatic N) is 4. The van der Waals surface area contributed by atoms with E-state index in [1.165, 1.54) is 41.9 Å². The van der Waals surface area contributed by atoms with Crippen LogP contribution in [0.15, 0.2) is 63.3 Å². The van der Waals surface area contributed by atoms with Gasteiger partial charge < -0.3 is 5.32 Å². The zero-order valence-electron chi connectivity index (χ0n) is 15.0. The molecule has 0 saturated carbocycles. The second-order valence-corrected chi connectivity index (χ2v) is 8.33. The van der Waals surface area contributed by atoms with Crippen molar-refractivity contribution in [1.82, 2.24) is 9.78 Å². The molecule has 0 aliphatic carbocycles. The summed E-state index contributed by atoms with van der Waals surface area (Å²) in [5, 5.41) is 17.2. The number of nitro benzene ring substituents is 1. The van der Waals surface area contributed by atoms with E-state index in [-0.39, 0.29) is 21.9 Å². The minimum Gasteiger partial charge on any atom is -0.324 e. The SMILES string of the molecule is Cc1ccc(S(=O)(=O)N=c2scnn2CC(=O)Nc2ccc([N+](=O)[O-])cc2)cc1. The maximum absolute atomic E-state index is 12.5. The van der Waals surface area contributed by atoms with Gasteiger partial charge in [-0.2, -0.15) is 13.5 Å². The molecule has 2 aromatic carbocycles. The van der Waals surface area contributed by atoms with Crippen LogP contribution in [-0.4, -0.2) is 29.0 Å². The van der Waals surface area contributed by atoms with Crippen LogP contribution in [0, 0.1) is 17.0 Å². The Bertz CT molecular complexity index is 1210. The maximum atomic E-state index is 12.5. The van der Waals surface area contributed by atoms with Gasteiger partial charge in [0.05, 0.1) is 9.82 Å². The number of sulfonamides is 1. The summed E-state index contributed by atoms with van der Waals surface area (Å²) in [7, 11) is -3.95. The number of carbonyl (C=O) groups is 1. The summed E-state index contributed by atoms with van der Waals surface area (Å²) in [6.45, 7) is 1.57. The molecule has 0 aliphatic rings. The smallest absolute Gasteiger partial charge is 0.285 e. The lowest BCUT2D eigenvalue weighted by atomic mass is 10.2. The predicted octanol–water partition coefficient (Wildman–Crippen LogP) is 2.09. The molecule has 1 aromatic heterocycles. The van der Waals surface area contributed by atoms with E-state index in [0.717, 1.165) is 21.6 Å². The second kappa shape index (κ2) is 8.32. The summed E-state index contributed by atoms with van der Waals surface area (Å²) in [5.74, 6) is -0.487. The van der Waals surface area contributed by atoms with E-state index in [9.17, 15) is 23.3 Å². The molecule has 150 valence electrons. The zero-order valence-corrected chi connectivity index (χ0v) is 16.7. The van der Waals surface area contributed by atoms with Gasteiger partial charge in [0.15, 0.2) is 0 Å². The minimum absolute atomic E-state index is 0.0402. The fourth-order valence-corrected chi connectivity index (χ4v) is 4.12. The number of nitro groups is 1. The van der Waals surface area contributed by atoms with Gasteiger partial charge in [-0.1, -0.05) is 29.0 Å². The number of hydrogen-bond acceptors (Lipinski definition) is 7. The molecule has 10 nitrogen and oxygen atoms in total. The molecule has 0 unspecified atom stereocenters. The second-order valence-electron chi connectivity index (χ2n) is 5.91. The fraction of sp³-hybridized carbons (Fsp3) is 0.118. The Balaban J connectivity index is 1.77. The number of benzene rings is 2. The summed E-state index contributed by atoms with van der Waals surface area (Å²) >= 11 is 0.979. The van der Waals surface area contributed by atoms with Crippen molar-refractivity contribution in [1.29, 1.82) is 0 Å². The Morgan fingerprint density at radius 1 is 1.21 bits per heavy atom. The average molecular weight is 433 g/mol. The Hall–Kier alpha value is -3.38. The highest BCUT2D eigenvalue weighted by atomic mass is 32.2. The third-order valence-electron chi connectivity index (χ3n) is 3.74. The molecule has 1 N–H and O–H groups in total. The number of hydrogen-bond donors (Lipinski definition) is 1. The largest absolute Gasteiger partial charge is 0.324 e. The highest BCUT2D eigenvalue weighted by Crippen LogP contribution is 2.15. The van der Waals surface area contributed by atoms with Gasteiger partial charge in [-0.05, 0) is 31.2 Å². The summed E-state index contributed by atoms with van der Waals surface area (Å²) in [4.78, 5) is 22.4. The standard InChI is InChI=1S/C17H15N5O5S2/c1-12-2-8-15(9-3-12)29(26,27)20-17-21(18-11-28-17)10-16(23)19-13-4-6-14(7-5-13)22(24)25/h2-9,11H,10H2,1H3,(H,19,23). The summed E-state index contributed by atoms with van der Waals surface area (Å²) < 4.78 is 29.9. The van der Waals surface area contributed by atoms with E-state index in [4.69, 9.17) is 0 Å². The van der Waals surface area contributed by atoms with Crippen LogP contribution in [0.2, 0.25) is 0 Å². The first-order valence-corrected chi connectivity index (χ1v) is 10.5. The van der Waals surface area contributed by atoms with Crippen molar-refractivity contribution in [2.45, 2.75) is 18.4 Å². The molecular weight excluding hydrogens is 418 g/mol. The highest BCUT2D eigenvalue weighted by Gasteiger charge is 2.14. The van der Waals surface area contributed by atoms with Crippen molar-refractivity contribution >= 4 is 38.6 Å². The number of amides is 1. The van der Waals surface area contributed by atoms with E-state index in [1.54, 1.807) is 12.1 Å². The van der Waals surface area contributed by atoms with Crippen molar-refractivity contribution < 1.29 is 18.1 Å². The Morgan fingerprint density at radius 3 is 2.48 bits per heavy atom. The topological polar surface area (TPSA) is 137 Å². The average Bonchev–Trinajstić information content (AvgIpc) is 3.08. The van der Waals surface area contributed by atoms with E-state index in [0.29, 0.717) is 5.69 Å². The van der Waals surface area contributed by atoms with Gasteiger partial charge in [0.2, 0.25) is 10.7 Å². The molecule has 0 saturated heterocycles. The van der Waals surface area contributed by atoms with E-state index in [2.05, 4.69) is 14.8 Å². The summed E-state index contributed by atoms with van der Waals surface area (Å²) in [6, 6.07) is 11.6. The minimum atomic E-state index is -3.95. The molecule has 0 bridgehead atoms. The van der Waals surface area contributed by atoms with Crippen LogP contribution >= 0.6 is 11.3 Å². The molecule has 3 rings (SSSR count). The molecule has 0 spiro atoms. The maximum Gasteiger partial charge on any atom is 0.285 e. The molecule has 0 radical (unpaired) electrons. The van der Waals surface area contributed by atoms with Crippen molar-refractivity contribution in [3.8, 4) is 0 Å². The monoisotopic (exact) mass is 433 g/mol. The molecule has 29 heavy (non-hydrogen) atoms. The van der Waals surface area contributed by atoms with Gasteiger partial charge in [0.25, 0.3) is 15.7 Å². The van der Waals surface area contributed by atoms with Gasteiger partial charge in [0.1, 0.15) is 12.1 Å². The van der Waals surface area contributed by atoms with Crippen LogP contribution in [-0.2, 0) is 21.4 Å².